The lowest BCUT2D eigenvalue weighted by atomic mass is 9.79. The lowest BCUT2D eigenvalue weighted by Gasteiger charge is -2.37. The summed E-state index contributed by atoms with van der Waals surface area (Å²) in [5, 5.41) is 0. The van der Waals surface area contributed by atoms with E-state index in [1.165, 1.54) is 7.11 Å². The van der Waals surface area contributed by atoms with Gasteiger partial charge in [0.1, 0.15) is 5.60 Å². The average Bonchev–Trinajstić information content (AvgIpc) is 3.46. The third kappa shape index (κ3) is 4.85. The zero-order chi connectivity index (χ0) is 26.5. The molecule has 7 nitrogen and oxygen atoms in total. The maximum atomic E-state index is 12.8. The van der Waals surface area contributed by atoms with Crippen molar-refractivity contribution in [3.05, 3.63) is 108 Å². The van der Waals surface area contributed by atoms with Gasteiger partial charge >= 0.3 is 11.9 Å². The van der Waals surface area contributed by atoms with Crippen molar-refractivity contribution in [3.63, 3.8) is 0 Å². The Kier molecular flexibility index (Phi) is 7.88. The van der Waals surface area contributed by atoms with Gasteiger partial charge in [-0.25, -0.2) is 0 Å². The normalized spacial score (nSPS) is 24.6. The van der Waals surface area contributed by atoms with Crippen LogP contribution in [0.3, 0.4) is 0 Å². The molecule has 5 rings (SSSR count). The molecule has 0 aliphatic carbocycles. The summed E-state index contributed by atoms with van der Waals surface area (Å²) >= 11 is 0. The van der Waals surface area contributed by atoms with Crippen molar-refractivity contribution >= 4 is 11.9 Å². The number of fused-ring (bicyclic) bond motifs is 1. The second kappa shape index (κ2) is 11.5. The van der Waals surface area contributed by atoms with E-state index in [2.05, 4.69) is 0 Å². The predicted molar refractivity (Wildman–Crippen MR) is 139 cm³/mol. The Labute approximate surface area is 222 Å². The van der Waals surface area contributed by atoms with E-state index in [9.17, 15) is 9.59 Å². The molecule has 0 saturated carbocycles. The maximum Gasteiger partial charge on any atom is 0.310 e. The summed E-state index contributed by atoms with van der Waals surface area (Å²) in [6.45, 7) is 2.11. The summed E-state index contributed by atoms with van der Waals surface area (Å²) in [6, 6.07) is 30.1. The molecule has 0 bridgehead atoms. The Morgan fingerprint density at radius 2 is 1.39 bits per heavy atom. The minimum absolute atomic E-state index is 0.0780. The molecule has 198 valence electrons. The van der Waals surface area contributed by atoms with Crippen LogP contribution in [0, 0.1) is 11.8 Å². The van der Waals surface area contributed by atoms with E-state index in [4.69, 9.17) is 23.7 Å². The summed E-state index contributed by atoms with van der Waals surface area (Å²) in [5.41, 5.74) is 1.92. The number of benzene rings is 3. The van der Waals surface area contributed by atoms with E-state index in [-0.39, 0.29) is 19.6 Å². The molecule has 5 atom stereocenters. The first-order valence-corrected chi connectivity index (χ1v) is 12.9. The first kappa shape index (κ1) is 26.1. The highest BCUT2D eigenvalue weighted by Crippen LogP contribution is 2.46. The molecule has 2 aliphatic rings. The molecule has 0 spiro atoms. The second-order valence-electron chi connectivity index (χ2n) is 9.46. The molecule has 2 aliphatic heterocycles. The van der Waals surface area contributed by atoms with E-state index in [0.29, 0.717) is 0 Å². The van der Waals surface area contributed by atoms with Gasteiger partial charge in [-0.05, 0) is 23.6 Å². The van der Waals surface area contributed by atoms with Crippen LogP contribution < -0.4 is 0 Å². The van der Waals surface area contributed by atoms with Gasteiger partial charge in [0.25, 0.3) is 0 Å². The van der Waals surface area contributed by atoms with Gasteiger partial charge < -0.3 is 23.7 Å². The molecule has 0 unspecified atom stereocenters. The number of hydrogen-bond acceptors (Lipinski definition) is 7. The standard InChI is InChI=1S/C31H32O7/c1-3-35-26(32)19-24-27-25(37-30(34-2)28(27)38-29(24)33)20-36-31(21-13-7-4-8-14-21,22-15-9-5-10-16-22)23-17-11-6-12-18-23/h4-18,24-25,27-28,30H,3,19-20H2,1-2H3/t24-,25+,27+,28+,30+/m0/s1. The van der Waals surface area contributed by atoms with E-state index in [1.54, 1.807) is 6.92 Å². The Bertz CT molecular complexity index is 1120. The third-order valence-corrected chi connectivity index (χ3v) is 7.33. The number of hydrogen-bond donors (Lipinski definition) is 0. The van der Waals surface area contributed by atoms with Gasteiger partial charge in [-0.2, -0.15) is 0 Å². The van der Waals surface area contributed by atoms with Crippen LogP contribution in [0.25, 0.3) is 0 Å². The summed E-state index contributed by atoms with van der Waals surface area (Å²) in [6.07, 6.45) is -2.00. The molecule has 7 heteroatoms. The summed E-state index contributed by atoms with van der Waals surface area (Å²) in [5.74, 6) is -2.00. The molecule has 0 amide bonds. The van der Waals surface area contributed by atoms with Crippen LogP contribution in [0.2, 0.25) is 0 Å². The second-order valence-corrected chi connectivity index (χ2v) is 9.46. The number of carbonyl (C=O) groups excluding carboxylic acids is 2. The van der Waals surface area contributed by atoms with Crippen molar-refractivity contribution in [3.8, 4) is 0 Å². The molecule has 38 heavy (non-hydrogen) atoms. The molecule has 3 aromatic rings. The molecular formula is C31H32O7. The Hall–Kier alpha value is -3.52. The predicted octanol–water partition coefficient (Wildman–Crippen LogP) is 4.48. The lowest BCUT2D eigenvalue weighted by Crippen LogP contribution is -2.39. The molecule has 2 heterocycles. The molecule has 0 aromatic heterocycles. The Morgan fingerprint density at radius 1 is 0.868 bits per heavy atom. The van der Waals surface area contributed by atoms with E-state index in [1.807, 2.05) is 91.0 Å². The van der Waals surface area contributed by atoms with Crippen molar-refractivity contribution < 1.29 is 33.3 Å². The van der Waals surface area contributed by atoms with Crippen molar-refractivity contribution in [2.24, 2.45) is 11.8 Å². The molecular weight excluding hydrogens is 484 g/mol. The fraction of sp³-hybridized carbons (Fsp3) is 0.355. The van der Waals surface area contributed by atoms with Gasteiger partial charge in [0.05, 0.1) is 31.7 Å². The highest BCUT2D eigenvalue weighted by molar-refractivity contribution is 5.82. The van der Waals surface area contributed by atoms with Crippen LogP contribution in [0.4, 0.5) is 0 Å². The van der Waals surface area contributed by atoms with Gasteiger partial charge in [-0.1, -0.05) is 91.0 Å². The Morgan fingerprint density at radius 3 is 1.87 bits per heavy atom. The van der Waals surface area contributed by atoms with Gasteiger partial charge in [-0.3, -0.25) is 9.59 Å². The van der Waals surface area contributed by atoms with Crippen LogP contribution in [-0.2, 0) is 38.9 Å². The van der Waals surface area contributed by atoms with Crippen LogP contribution in [0.1, 0.15) is 30.0 Å². The quantitative estimate of drug-likeness (QED) is 0.290. The maximum absolute atomic E-state index is 12.8. The van der Waals surface area contributed by atoms with Crippen molar-refractivity contribution in [1.82, 2.24) is 0 Å². The number of methoxy groups -OCH3 is 1. The van der Waals surface area contributed by atoms with Crippen LogP contribution >= 0.6 is 0 Å². The number of ether oxygens (including phenoxy) is 5. The zero-order valence-corrected chi connectivity index (χ0v) is 21.5. The fourth-order valence-electron chi connectivity index (χ4n) is 5.67. The van der Waals surface area contributed by atoms with Gasteiger partial charge in [-0.15, -0.1) is 0 Å². The van der Waals surface area contributed by atoms with Gasteiger partial charge in [0, 0.05) is 13.0 Å². The fourth-order valence-corrected chi connectivity index (χ4v) is 5.67. The number of esters is 2. The van der Waals surface area contributed by atoms with E-state index in [0.717, 1.165) is 16.7 Å². The average molecular weight is 517 g/mol. The Balaban J connectivity index is 1.52. The first-order chi connectivity index (χ1) is 18.6. The highest BCUT2D eigenvalue weighted by Gasteiger charge is 2.59. The minimum atomic E-state index is -0.950. The van der Waals surface area contributed by atoms with E-state index < -0.39 is 47.9 Å². The molecule has 2 saturated heterocycles. The first-order valence-electron chi connectivity index (χ1n) is 12.9. The molecule has 2 fully saturated rings. The summed E-state index contributed by atoms with van der Waals surface area (Å²) in [7, 11) is 1.51. The van der Waals surface area contributed by atoms with Crippen molar-refractivity contribution in [2.75, 3.05) is 20.3 Å². The van der Waals surface area contributed by atoms with Crippen molar-refractivity contribution in [1.29, 1.82) is 0 Å². The van der Waals surface area contributed by atoms with Crippen molar-refractivity contribution in [2.45, 2.75) is 37.4 Å². The van der Waals surface area contributed by atoms with Crippen LogP contribution in [0.15, 0.2) is 91.0 Å². The summed E-state index contributed by atoms with van der Waals surface area (Å²) < 4.78 is 29.5. The SMILES string of the molecule is CCOC(=O)C[C@@H]1C(=O)O[C@H]2[C@H](OC)O[C@H](COC(c3ccccc3)(c3ccccc3)c3ccccc3)[C@H]21. The minimum Gasteiger partial charge on any atom is -0.466 e. The van der Waals surface area contributed by atoms with Crippen LogP contribution in [-0.4, -0.2) is 50.8 Å². The third-order valence-electron chi connectivity index (χ3n) is 7.33. The topological polar surface area (TPSA) is 80.3 Å². The largest absolute Gasteiger partial charge is 0.466 e. The smallest absolute Gasteiger partial charge is 0.310 e. The molecule has 0 radical (unpaired) electrons. The monoisotopic (exact) mass is 516 g/mol. The summed E-state index contributed by atoms with van der Waals surface area (Å²) in [4.78, 5) is 25.1. The molecule has 3 aromatic carbocycles. The number of rotatable bonds is 10. The zero-order valence-electron chi connectivity index (χ0n) is 21.5. The molecule has 0 N–H and O–H groups in total. The van der Waals surface area contributed by atoms with Gasteiger partial charge in [0.15, 0.2) is 12.4 Å². The number of carbonyl (C=O) groups is 2. The lowest BCUT2D eigenvalue weighted by molar-refractivity contribution is -0.183. The highest BCUT2D eigenvalue weighted by atomic mass is 16.7. The van der Waals surface area contributed by atoms with Crippen LogP contribution in [0.5, 0.6) is 0 Å². The van der Waals surface area contributed by atoms with E-state index >= 15 is 0 Å². The van der Waals surface area contributed by atoms with Gasteiger partial charge in [0.2, 0.25) is 0 Å².